The summed E-state index contributed by atoms with van der Waals surface area (Å²) in [5, 5.41) is 0. The van der Waals surface area contributed by atoms with Crippen molar-refractivity contribution in [3.63, 3.8) is 0 Å². The molecule has 1 radical (unpaired) electrons. The Morgan fingerprint density at radius 2 is 1.60 bits per heavy atom. The van der Waals surface area contributed by atoms with Crippen LogP contribution in [-0.2, 0) is 0 Å². The van der Waals surface area contributed by atoms with E-state index in [2.05, 4.69) is 29.5 Å². The van der Waals surface area contributed by atoms with Gasteiger partial charge in [-0.3, -0.25) is 0 Å². The van der Waals surface area contributed by atoms with Gasteiger partial charge in [-0.15, -0.1) is 0 Å². The van der Waals surface area contributed by atoms with Gasteiger partial charge in [0, 0.05) is 3.57 Å². The minimum atomic E-state index is 0.824. The molecule has 0 aromatic heterocycles. The minimum Gasteiger partial charge on any atom is -0.457 e. The van der Waals surface area contributed by atoms with E-state index in [9.17, 15) is 0 Å². The molecule has 75 valence electrons. The minimum absolute atomic E-state index is 0.824. The highest BCUT2D eigenvalue weighted by atomic mass is 127. The van der Waals surface area contributed by atoms with E-state index in [0.29, 0.717) is 0 Å². The summed E-state index contributed by atoms with van der Waals surface area (Å²) in [6.07, 6.45) is 0. The van der Waals surface area contributed by atoms with Crippen molar-refractivity contribution in [1.29, 1.82) is 0 Å². The van der Waals surface area contributed by atoms with Gasteiger partial charge in [0.25, 0.3) is 0 Å². The first-order chi connectivity index (χ1) is 7.24. The Balaban J connectivity index is 2.22. The van der Waals surface area contributed by atoms with E-state index >= 15 is 0 Å². The summed E-state index contributed by atoms with van der Waals surface area (Å²) in [5.41, 5.74) is 0.957. The first-order valence-electron chi connectivity index (χ1n) is 4.59. The maximum atomic E-state index is 5.70. The van der Waals surface area contributed by atoms with Crippen LogP contribution in [0.1, 0.15) is 5.56 Å². The molecule has 0 unspecified atom stereocenters. The second-order valence-electron chi connectivity index (χ2n) is 3.21. The van der Waals surface area contributed by atoms with Crippen molar-refractivity contribution in [3.05, 3.63) is 64.6 Å². The average Bonchev–Trinajstić information content (AvgIpc) is 2.17. The van der Waals surface area contributed by atoms with Crippen molar-refractivity contribution < 1.29 is 4.74 Å². The fraction of sp³-hybridized carbons (Fsp3) is 0. The van der Waals surface area contributed by atoms with Crippen LogP contribution in [0.2, 0.25) is 0 Å². The van der Waals surface area contributed by atoms with Crippen LogP contribution in [0.4, 0.5) is 0 Å². The molecule has 2 rings (SSSR count). The molecule has 0 N–H and O–H groups in total. The summed E-state index contributed by atoms with van der Waals surface area (Å²) in [6, 6.07) is 15.7. The number of benzene rings is 2. The van der Waals surface area contributed by atoms with Gasteiger partial charge in [0.1, 0.15) is 11.5 Å². The van der Waals surface area contributed by atoms with Crippen molar-refractivity contribution in [2.24, 2.45) is 0 Å². The Morgan fingerprint density at radius 1 is 0.933 bits per heavy atom. The number of ether oxygens (including phenoxy) is 1. The Bertz CT molecular complexity index is 422. The zero-order valence-corrected chi connectivity index (χ0v) is 10.3. The fourth-order valence-corrected chi connectivity index (χ4v) is 1.79. The van der Waals surface area contributed by atoms with Gasteiger partial charge in [-0.05, 0) is 65.4 Å². The Hall–Kier alpha value is -1.03. The standard InChI is InChI=1S/C13H10IO/c1-10-4-2-6-12(8-10)15-13-7-3-5-11(14)9-13/h2-9H,1H2. The van der Waals surface area contributed by atoms with Crippen LogP contribution in [0, 0.1) is 10.5 Å². The number of halogens is 1. The maximum Gasteiger partial charge on any atom is 0.128 e. The normalized spacial score (nSPS) is 10.0. The maximum absolute atomic E-state index is 5.70. The third-order valence-electron chi connectivity index (χ3n) is 1.93. The van der Waals surface area contributed by atoms with E-state index in [4.69, 9.17) is 4.74 Å². The van der Waals surface area contributed by atoms with Crippen molar-refractivity contribution >= 4 is 22.6 Å². The average molecular weight is 309 g/mol. The van der Waals surface area contributed by atoms with Crippen molar-refractivity contribution in [3.8, 4) is 11.5 Å². The molecule has 0 saturated heterocycles. The highest BCUT2D eigenvalue weighted by molar-refractivity contribution is 14.1. The molecule has 1 nitrogen and oxygen atoms in total. The van der Waals surface area contributed by atoms with Crippen LogP contribution < -0.4 is 4.74 Å². The van der Waals surface area contributed by atoms with Gasteiger partial charge >= 0.3 is 0 Å². The van der Waals surface area contributed by atoms with Gasteiger partial charge in [0.2, 0.25) is 0 Å². The first kappa shape index (κ1) is 10.5. The van der Waals surface area contributed by atoms with Crippen LogP contribution in [0.5, 0.6) is 11.5 Å². The molecule has 0 fully saturated rings. The van der Waals surface area contributed by atoms with Crippen LogP contribution in [-0.4, -0.2) is 0 Å². The quantitative estimate of drug-likeness (QED) is 0.753. The summed E-state index contributed by atoms with van der Waals surface area (Å²) >= 11 is 2.26. The van der Waals surface area contributed by atoms with Gasteiger partial charge in [-0.2, -0.15) is 0 Å². The van der Waals surface area contributed by atoms with Gasteiger partial charge in [-0.25, -0.2) is 0 Å². The van der Waals surface area contributed by atoms with E-state index in [1.165, 1.54) is 0 Å². The van der Waals surface area contributed by atoms with Crippen molar-refractivity contribution in [2.45, 2.75) is 0 Å². The molecule has 0 aliphatic carbocycles. The number of hydrogen-bond acceptors (Lipinski definition) is 1. The highest BCUT2D eigenvalue weighted by Crippen LogP contribution is 2.23. The molecular weight excluding hydrogens is 299 g/mol. The summed E-state index contributed by atoms with van der Waals surface area (Å²) in [6.45, 7) is 3.86. The lowest BCUT2D eigenvalue weighted by molar-refractivity contribution is 0.482. The van der Waals surface area contributed by atoms with Crippen LogP contribution >= 0.6 is 22.6 Å². The SMILES string of the molecule is [CH2]c1cccc(Oc2cccc(I)c2)c1. The predicted molar refractivity (Wildman–Crippen MR) is 70.1 cm³/mol. The molecule has 0 bridgehead atoms. The lowest BCUT2D eigenvalue weighted by Gasteiger charge is -2.06. The van der Waals surface area contributed by atoms with E-state index in [-0.39, 0.29) is 0 Å². The van der Waals surface area contributed by atoms with Crippen LogP contribution in [0.3, 0.4) is 0 Å². The van der Waals surface area contributed by atoms with Gasteiger partial charge < -0.3 is 4.74 Å². The Kier molecular flexibility index (Phi) is 3.26. The van der Waals surface area contributed by atoms with E-state index in [1.807, 2.05) is 48.5 Å². The second-order valence-corrected chi connectivity index (χ2v) is 4.45. The molecule has 0 saturated carbocycles. The van der Waals surface area contributed by atoms with E-state index in [1.54, 1.807) is 0 Å². The molecule has 0 aliphatic heterocycles. The molecule has 2 aromatic carbocycles. The molecule has 0 amide bonds. The molecule has 0 spiro atoms. The molecule has 0 aliphatic rings. The lowest BCUT2D eigenvalue weighted by Crippen LogP contribution is -1.84. The largest absolute Gasteiger partial charge is 0.457 e. The topological polar surface area (TPSA) is 9.23 Å². The monoisotopic (exact) mass is 309 g/mol. The molecule has 2 aromatic rings. The molecule has 15 heavy (non-hydrogen) atoms. The van der Waals surface area contributed by atoms with Crippen LogP contribution in [0.25, 0.3) is 0 Å². The lowest BCUT2D eigenvalue weighted by atomic mass is 10.2. The summed E-state index contributed by atoms with van der Waals surface area (Å²) in [7, 11) is 0. The van der Waals surface area contributed by atoms with Gasteiger partial charge in [-0.1, -0.05) is 18.2 Å². The molecular formula is C13H10IO. The summed E-state index contributed by atoms with van der Waals surface area (Å²) < 4.78 is 6.86. The van der Waals surface area contributed by atoms with Crippen LogP contribution in [0.15, 0.2) is 48.5 Å². The molecule has 0 atom stereocenters. The zero-order chi connectivity index (χ0) is 10.7. The summed E-state index contributed by atoms with van der Waals surface area (Å²) in [5.74, 6) is 1.68. The summed E-state index contributed by atoms with van der Waals surface area (Å²) in [4.78, 5) is 0. The fourth-order valence-electron chi connectivity index (χ4n) is 1.28. The highest BCUT2D eigenvalue weighted by Gasteiger charge is 1.97. The third-order valence-corrected chi connectivity index (χ3v) is 2.60. The van der Waals surface area contributed by atoms with E-state index < -0.39 is 0 Å². The van der Waals surface area contributed by atoms with Crippen molar-refractivity contribution in [2.75, 3.05) is 0 Å². The molecule has 0 heterocycles. The Labute approximate surface area is 103 Å². The van der Waals surface area contributed by atoms with E-state index in [0.717, 1.165) is 20.6 Å². The number of rotatable bonds is 2. The van der Waals surface area contributed by atoms with Gasteiger partial charge in [0.15, 0.2) is 0 Å². The zero-order valence-electron chi connectivity index (χ0n) is 8.11. The first-order valence-corrected chi connectivity index (χ1v) is 5.67. The molecule has 2 heteroatoms. The Morgan fingerprint density at radius 3 is 2.27 bits per heavy atom. The smallest absolute Gasteiger partial charge is 0.128 e. The number of hydrogen-bond donors (Lipinski definition) is 0. The second kappa shape index (κ2) is 4.66. The predicted octanol–water partition coefficient (Wildman–Crippen LogP) is 4.27. The van der Waals surface area contributed by atoms with Crippen molar-refractivity contribution in [1.82, 2.24) is 0 Å². The third kappa shape index (κ3) is 2.96. The van der Waals surface area contributed by atoms with Gasteiger partial charge in [0.05, 0.1) is 0 Å².